The van der Waals surface area contributed by atoms with Crippen LogP contribution in [0.1, 0.15) is 17.7 Å². The van der Waals surface area contributed by atoms with Gasteiger partial charge in [-0.1, -0.05) is 18.2 Å². The normalized spacial score (nSPS) is 14.6. The number of hydrogen-bond donors (Lipinski definition) is 1. The fourth-order valence-electron chi connectivity index (χ4n) is 4.67. The lowest BCUT2D eigenvalue weighted by molar-refractivity contribution is -0.133. The first-order valence-corrected chi connectivity index (χ1v) is 13.3. The standard InChI is InChI=1S/C29H33FN4O6/c30-24-6-1-2-7-25(24)31-29(36)33(11-4-10-32-12-15-37-16-13-32)20-28(35)34(19-23-5-3-14-38-23)18-22-8-9-26-27(17-22)40-21-39-26/h1-3,5-9,14,17H,4,10-13,15-16,18-21H2,(H,31,36). The highest BCUT2D eigenvalue weighted by atomic mass is 19.1. The lowest BCUT2D eigenvalue weighted by atomic mass is 10.2. The van der Waals surface area contributed by atoms with Gasteiger partial charge in [0.05, 0.1) is 31.7 Å². The molecule has 11 heteroatoms. The van der Waals surface area contributed by atoms with Crippen LogP contribution in [0.4, 0.5) is 14.9 Å². The number of para-hydroxylation sites is 1. The van der Waals surface area contributed by atoms with Gasteiger partial charge < -0.3 is 33.7 Å². The van der Waals surface area contributed by atoms with Crippen LogP contribution in [-0.4, -0.2) is 79.4 Å². The molecule has 5 rings (SSSR count). The van der Waals surface area contributed by atoms with Crippen LogP contribution in [-0.2, 0) is 22.6 Å². The summed E-state index contributed by atoms with van der Waals surface area (Å²) in [5, 5.41) is 2.63. The number of halogens is 1. The number of carbonyl (C=O) groups is 2. The number of benzene rings is 2. The smallest absolute Gasteiger partial charge is 0.322 e. The minimum Gasteiger partial charge on any atom is -0.467 e. The molecule has 1 saturated heterocycles. The molecule has 2 aromatic carbocycles. The van der Waals surface area contributed by atoms with Gasteiger partial charge in [0.2, 0.25) is 12.7 Å². The van der Waals surface area contributed by atoms with Crippen LogP contribution in [0.5, 0.6) is 11.5 Å². The molecule has 3 amide bonds. The predicted molar refractivity (Wildman–Crippen MR) is 144 cm³/mol. The Labute approximate surface area is 232 Å². The average molecular weight is 553 g/mol. The fourth-order valence-corrected chi connectivity index (χ4v) is 4.67. The molecule has 1 fully saturated rings. The highest BCUT2D eigenvalue weighted by Gasteiger charge is 2.24. The molecule has 10 nitrogen and oxygen atoms in total. The second kappa shape index (κ2) is 13.3. The first-order chi connectivity index (χ1) is 19.5. The molecule has 0 spiro atoms. The Morgan fingerprint density at radius 2 is 1.77 bits per heavy atom. The zero-order valence-corrected chi connectivity index (χ0v) is 22.2. The molecule has 0 bridgehead atoms. The van der Waals surface area contributed by atoms with Crippen LogP contribution in [0.2, 0.25) is 0 Å². The lowest BCUT2D eigenvalue weighted by Crippen LogP contribution is -2.45. The number of anilines is 1. The van der Waals surface area contributed by atoms with Crippen LogP contribution in [0.15, 0.2) is 65.3 Å². The van der Waals surface area contributed by atoms with Crippen molar-refractivity contribution >= 4 is 17.6 Å². The van der Waals surface area contributed by atoms with Gasteiger partial charge >= 0.3 is 6.03 Å². The summed E-state index contributed by atoms with van der Waals surface area (Å²) in [6.07, 6.45) is 2.21. The molecule has 40 heavy (non-hydrogen) atoms. The van der Waals surface area contributed by atoms with Gasteiger partial charge in [0.15, 0.2) is 11.5 Å². The van der Waals surface area contributed by atoms with Crippen LogP contribution in [0.3, 0.4) is 0 Å². The summed E-state index contributed by atoms with van der Waals surface area (Å²) in [6, 6.07) is 14.5. The van der Waals surface area contributed by atoms with Gasteiger partial charge in [-0.3, -0.25) is 9.69 Å². The summed E-state index contributed by atoms with van der Waals surface area (Å²) in [7, 11) is 0. The number of urea groups is 1. The summed E-state index contributed by atoms with van der Waals surface area (Å²) in [5.41, 5.74) is 0.907. The summed E-state index contributed by atoms with van der Waals surface area (Å²) < 4.78 is 36.1. The second-order valence-corrected chi connectivity index (χ2v) is 9.66. The molecular weight excluding hydrogens is 519 g/mol. The van der Waals surface area contributed by atoms with E-state index >= 15 is 0 Å². The number of amides is 3. The first-order valence-electron chi connectivity index (χ1n) is 13.3. The van der Waals surface area contributed by atoms with Gasteiger partial charge in [-0.15, -0.1) is 0 Å². The van der Waals surface area contributed by atoms with Gasteiger partial charge in [0.25, 0.3) is 0 Å². The minimum atomic E-state index is -0.544. The molecule has 1 N–H and O–H groups in total. The van der Waals surface area contributed by atoms with Gasteiger partial charge in [0, 0.05) is 32.7 Å². The van der Waals surface area contributed by atoms with E-state index in [1.54, 1.807) is 35.4 Å². The number of morpholine rings is 1. The molecule has 212 valence electrons. The second-order valence-electron chi connectivity index (χ2n) is 9.66. The third-order valence-electron chi connectivity index (χ3n) is 6.82. The van der Waals surface area contributed by atoms with E-state index in [2.05, 4.69) is 10.2 Å². The van der Waals surface area contributed by atoms with E-state index in [4.69, 9.17) is 18.6 Å². The van der Waals surface area contributed by atoms with E-state index in [-0.39, 0.29) is 38.0 Å². The maximum atomic E-state index is 14.3. The third-order valence-corrected chi connectivity index (χ3v) is 6.82. The van der Waals surface area contributed by atoms with Gasteiger partial charge in [-0.05, 0) is 48.4 Å². The summed E-state index contributed by atoms with van der Waals surface area (Å²) in [6.45, 7) is 4.55. The first kappa shape index (κ1) is 27.5. The molecule has 0 unspecified atom stereocenters. The summed E-state index contributed by atoms with van der Waals surface area (Å²) in [4.78, 5) is 32.3. The number of furan rings is 1. The molecule has 3 aromatic rings. The number of ether oxygens (including phenoxy) is 3. The van der Waals surface area contributed by atoms with Gasteiger partial charge in [-0.2, -0.15) is 0 Å². The van der Waals surface area contributed by atoms with E-state index in [1.165, 1.54) is 17.0 Å². The van der Waals surface area contributed by atoms with Crippen molar-refractivity contribution < 1.29 is 32.6 Å². The van der Waals surface area contributed by atoms with Crippen molar-refractivity contribution in [3.8, 4) is 11.5 Å². The zero-order chi connectivity index (χ0) is 27.7. The number of rotatable bonds is 11. The Bertz CT molecular complexity index is 1280. The van der Waals surface area contributed by atoms with Gasteiger partial charge in [0.1, 0.15) is 18.1 Å². The highest BCUT2D eigenvalue weighted by molar-refractivity contribution is 5.92. The minimum absolute atomic E-state index is 0.0610. The monoisotopic (exact) mass is 552 g/mol. The largest absolute Gasteiger partial charge is 0.467 e. The quantitative estimate of drug-likeness (QED) is 0.385. The zero-order valence-electron chi connectivity index (χ0n) is 22.2. The fraction of sp³-hybridized carbons (Fsp3) is 0.379. The van der Waals surface area contributed by atoms with Crippen molar-refractivity contribution in [1.82, 2.24) is 14.7 Å². The van der Waals surface area contributed by atoms with Gasteiger partial charge in [-0.25, -0.2) is 9.18 Å². The average Bonchev–Trinajstić information content (AvgIpc) is 3.66. The van der Waals surface area contributed by atoms with E-state index in [9.17, 15) is 14.0 Å². The Balaban J connectivity index is 1.30. The third kappa shape index (κ3) is 7.30. The topological polar surface area (TPSA) is 96.7 Å². The lowest BCUT2D eigenvalue weighted by Gasteiger charge is -2.30. The molecule has 0 aliphatic carbocycles. The van der Waals surface area contributed by atoms with E-state index < -0.39 is 11.8 Å². The Hall–Kier alpha value is -4.09. The predicted octanol–water partition coefficient (Wildman–Crippen LogP) is 3.93. The summed E-state index contributed by atoms with van der Waals surface area (Å²) >= 11 is 0. The number of carbonyl (C=O) groups excluding carboxylic acids is 2. The highest BCUT2D eigenvalue weighted by Crippen LogP contribution is 2.33. The van der Waals surface area contributed by atoms with E-state index in [0.29, 0.717) is 43.4 Å². The number of hydrogen-bond acceptors (Lipinski definition) is 7. The van der Waals surface area contributed by atoms with Crippen LogP contribution >= 0.6 is 0 Å². The van der Waals surface area contributed by atoms with Crippen LogP contribution in [0, 0.1) is 5.82 Å². The Morgan fingerprint density at radius 3 is 2.58 bits per heavy atom. The van der Waals surface area contributed by atoms with Crippen molar-refractivity contribution in [3.63, 3.8) is 0 Å². The van der Waals surface area contributed by atoms with Crippen molar-refractivity contribution in [3.05, 3.63) is 78.0 Å². The molecule has 0 radical (unpaired) electrons. The number of nitrogens with zero attached hydrogens (tertiary/aromatic N) is 3. The molecule has 1 aromatic heterocycles. The molecule has 0 saturated carbocycles. The van der Waals surface area contributed by atoms with Crippen molar-refractivity contribution in [2.75, 3.05) is 58.0 Å². The maximum absolute atomic E-state index is 14.3. The van der Waals surface area contributed by atoms with E-state index in [1.807, 2.05) is 18.2 Å². The van der Waals surface area contributed by atoms with E-state index in [0.717, 1.165) is 25.2 Å². The summed E-state index contributed by atoms with van der Waals surface area (Å²) in [5.74, 6) is 1.08. The van der Waals surface area contributed by atoms with Crippen molar-refractivity contribution in [1.29, 1.82) is 0 Å². The Morgan fingerprint density at radius 1 is 0.950 bits per heavy atom. The molecule has 0 atom stereocenters. The maximum Gasteiger partial charge on any atom is 0.322 e. The number of fused-ring (bicyclic) bond motifs is 1. The Kier molecular flexibility index (Phi) is 9.15. The van der Waals surface area contributed by atoms with Crippen molar-refractivity contribution in [2.45, 2.75) is 19.5 Å². The van der Waals surface area contributed by atoms with Crippen LogP contribution in [0.25, 0.3) is 0 Å². The van der Waals surface area contributed by atoms with Crippen molar-refractivity contribution in [2.24, 2.45) is 0 Å². The van der Waals surface area contributed by atoms with Crippen LogP contribution < -0.4 is 14.8 Å². The molecular formula is C29H33FN4O6. The number of nitrogens with one attached hydrogen (secondary N) is 1. The SMILES string of the molecule is O=C(CN(CCCN1CCOCC1)C(=O)Nc1ccccc1F)N(Cc1ccc2c(c1)OCO2)Cc1ccco1. The molecule has 2 aliphatic heterocycles. The molecule has 2 aliphatic rings. The molecule has 3 heterocycles.